The van der Waals surface area contributed by atoms with Gasteiger partial charge in [0.1, 0.15) is 0 Å². The summed E-state index contributed by atoms with van der Waals surface area (Å²) < 4.78 is 1.13. The summed E-state index contributed by atoms with van der Waals surface area (Å²) in [7, 11) is 0. The number of hydrogen-bond acceptors (Lipinski definition) is 2. The minimum absolute atomic E-state index is 0.216. The Morgan fingerprint density at radius 2 is 2.05 bits per heavy atom. The van der Waals surface area contributed by atoms with Crippen LogP contribution in [0.5, 0.6) is 0 Å². The molecule has 1 aromatic rings. The number of anilines is 1. The maximum atomic E-state index is 6.20. The zero-order chi connectivity index (χ0) is 14.8. The molecule has 112 valence electrons. The van der Waals surface area contributed by atoms with E-state index in [0.29, 0.717) is 6.04 Å². The highest BCUT2D eigenvalue weighted by molar-refractivity contribution is 9.10. The molecular formula is C16H24BrClN2. The van der Waals surface area contributed by atoms with E-state index in [1.807, 2.05) is 12.1 Å². The summed E-state index contributed by atoms with van der Waals surface area (Å²) in [6, 6.07) is 6.59. The Kier molecular flexibility index (Phi) is 5.38. The van der Waals surface area contributed by atoms with Crippen LogP contribution in [-0.2, 0) is 0 Å². The van der Waals surface area contributed by atoms with Crippen molar-refractivity contribution in [2.24, 2.45) is 0 Å². The van der Waals surface area contributed by atoms with E-state index >= 15 is 0 Å². The third-order valence-corrected chi connectivity index (χ3v) is 5.57. The number of rotatable bonds is 4. The fourth-order valence-electron chi connectivity index (χ4n) is 3.03. The predicted molar refractivity (Wildman–Crippen MR) is 91.9 cm³/mol. The molecule has 0 radical (unpaired) electrons. The Morgan fingerprint density at radius 1 is 1.35 bits per heavy atom. The van der Waals surface area contributed by atoms with Crippen molar-refractivity contribution in [1.29, 1.82) is 0 Å². The van der Waals surface area contributed by atoms with Crippen LogP contribution in [0.25, 0.3) is 0 Å². The fourth-order valence-corrected chi connectivity index (χ4v) is 3.67. The second-order valence-corrected chi connectivity index (χ2v) is 6.94. The maximum Gasteiger partial charge on any atom is 0.0529 e. The number of nitrogens with zero attached hydrogens (tertiary/aromatic N) is 1. The zero-order valence-corrected chi connectivity index (χ0v) is 14.9. The lowest BCUT2D eigenvalue weighted by Crippen LogP contribution is -2.64. The summed E-state index contributed by atoms with van der Waals surface area (Å²) in [5.74, 6) is 0. The second kappa shape index (κ2) is 6.67. The van der Waals surface area contributed by atoms with Gasteiger partial charge in [-0.05, 0) is 53.4 Å². The molecule has 1 aliphatic rings. The average Bonchev–Trinajstić information content (AvgIpc) is 2.49. The van der Waals surface area contributed by atoms with Crippen LogP contribution in [0, 0.1) is 0 Å². The summed E-state index contributed by atoms with van der Waals surface area (Å²) in [6.07, 6.45) is 3.43. The van der Waals surface area contributed by atoms with Gasteiger partial charge in [-0.15, -0.1) is 0 Å². The first-order valence-corrected chi connectivity index (χ1v) is 8.69. The summed E-state index contributed by atoms with van der Waals surface area (Å²) in [6.45, 7) is 8.87. The number of nitrogens with one attached hydrogen (secondary N) is 1. The van der Waals surface area contributed by atoms with Gasteiger partial charge < -0.3 is 10.2 Å². The molecule has 1 fully saturated rings. The minimum Gasteiger partial charge on any atom is -0.364 e. The Hall–Kier alpha value is -0.250. The van der Waals surface area contributed by atoms with Crippen molar-refractivity contribution in [1.82, 2.24) is 5.32 Å². The second-order valence-electron chi connectivity index (χ2n) is 5.65. The first kappa shape index (κ1) is 16.1. The van der Waals surface area contributed by atoms with Crippen molar-refractivity contribution >= 4 is 33.2 Å². The molecule has 1 aromatic carbocycles. The molecular weight excluding hydrogens is 336 g/mol. The molecule has 1 N–H and O–H groups in total. The van der Waals surface area contributed by atoms with Gasteiger partial charge in [0.2, 0.25) is 0 Å². The van der Waals surface area contributed by atoms with Gasteiger partial charge in [-0.25, -0.2) is 0 Å². The summed E-state index contributed by atoms with van der Waals surface area (Å²) in [5.41, 5.74) is 1.44. The zero-order valence-electron chi connectivity index (χ0n) is 12.5. The van der Waals surface area contributed by atoms with Gasteiger partial charge in [-0.1, -0.05) is 32.4 Å². The highest BCUT2D eigenvalue weighted by atomic mass is 79.9. The van der Waals surface area contributed by atoms with Gasteiger partial charge in [0.05, 0.1) is 5.69 Å². The fraction of sp³-hybridized carbons (Fsp3) is 0.625. The molecule has 1 atom stereocenters. The molecule has 0 amide bonds. The molecule has 0 saturated carbocycles. The minimum atomic E-state index is 0.216. The van der Waals surface area contributed by atoms with Crippen LogP contribution < -0.4 is 10.2 Å². The quantitative estimate of drug-likeness (QED) is 0.826. The maximum absolute atomic E-state index is 6.20. The van der Waals surface area contributed by atoms with Gasteiger partial charge >= 0.3 is 0 Å². The molecule has 1 heterocycles. The summed E-state index contributed by atoms with van der Waals surface area (Å²) in [4.78, 5) is 2.53. The van der Waals surface area contributed by atoms with E-state index in [4.69, 9.17) is 11.6 Å². The Balaban J connectivity index is 2.36. The molecule has 1 unspecified atom stereocenters. The Bertz CT molecular complexity index is 460. The highest BCUT2D eigenvalue weighted by Crippen LogP contribution is 2.35. The third-order valence-electron chi connectivity index (χ3n) is 4.67. The number of benzene rings is 1. The number of hydrogen-bond donors (Lipinski definition) is 1. The largest absolute Gasteiger partial charge is 0.364 e. The monoisotopic (exact) mass is 358 g/mol. The van der Waals surface area contributed by atoms with Crippen LogP contribution in [0.2, 0.25) is 5.02 Å². The van der Waals surface area contributed by atoms with Gasteiger partial charge in [-0.2, -0.15) is 0 Å². The summed E-state index contributed by atoms with van der Waals surface area (Å²) >= 11 is 9.89. The van der Waals surface area contributed by atoms with E-state index in [0.717, 1.165) is 41.8 Å². The predicted octanol–water partition coefficient (Wildman–Crippen LogP) is 4.85. The Morgan fingerprint density at radius 3 is 2.65 bits per heavy atom. The molecule has 1 aliphatic heterocycles. The molecule has 0 aromatic heterocycles. The molecule has 2 nitrogen and oxygen atoms in total. The van der Waals surface area contributed by atoms with Gasteiger partial charge in [0.15, 0.2) is 0 Å². The molecule has 2 rings (SSSR count). The van der Waals surface area contributed by atoms with Crippen LogP contribution in [0.1, 0.15) is 40.0 Å². The van der Waals surface area contributed by atoms with E-state index in [1.165, 1.54) is 5.69 Å². The van der Waals surface area contributed by atoms with E-state index in [-0.39, 0.29) is 5.54 Å². The van der Waals surface area contributed by atoms with Crippen LogP contribution >= 0.6 is 27.5 Å². The van der Waals surface area contributed by atoms with E-state index in [9.17, 15) is 0 Å². The average molecular weight is 360 g/mol. The highest BCUT2D eigenvalue weighted by Gasteiger charge is 2.36. The van der Waals surface area contributed by atoms with E-state index in [1.54, 1.807) is 0 Å². The first-order valence-electron chi connectivity index (χ1n) is 7.52. The summed E-state index contributed by atoms with van der Waals surface area (Å²) in [5, 5.41) is 4.58. The molecule has 20 heavy (non-hydrogen) atoms. The number of halogens is 2. The van der Waals surface area contributed by atoms with Crippen LogP contribution in [0.3, 0.4) is 0 Å². The smallest absolute Gasteiger partial charge is 0.0529 e. The van der Waals surface area contributed by atoms with Crippen molar-refractivity contribution < 1.29 is 0 Å². The topological polar surface area (TPSA) is 15.3 Å². The normalized spacial score (nSPS) is 22.1. The molecule has 0 bridgehead atoms. The van der Waals surface area contributed by atoms with Gasteiger partial charge in [0, 0.05) is 34.2 Å². The van der Waals surface area contributed by atoms with Crippen molar-refractivity contribution in [3.63, 3.8) is 0 Å². The molecule has 0 spiro atoms. The number of piperazine rings is 1. The van der Waals surface area contributed by atoms with Crippen LogP contribution in [0.15, 0.2) is 22.7 Å². The van der Waals surface area contributed by atoms with E-state index in [2.05, 4.69) is 53.0 Å². The lowest BCUT2D eigenvalue weighted by molar-refractivity contribution is 0.246. The van der Waals surface area contributed by atoms with E-state index < -0.39 is 0 Å². The lowest BCUT2D eigenvalue weighted by Gasteiger charge is -2.48. The third kappa shape index (κ3) is 3.15. The van der Waals surface area contributed by atoms with Crippen molar-refractivity contribution in [2.45, 2.75) is 51.6 Å². The van der Waals surface area contributed by atoms with Crippen LogP contribution in [0.4, 0.5) is 5.69 Å². The lowest BCUT2D eigenvalue weighted by atomic mass is 9.87. The van der Waals surface area contributed by atoms with Crippen LogP contribution in [-0.4, -0.2) is 24.7 Å². The van der Waals surface area contributed by atoms with Crippen molar-refractivity contribution in [3.05, 3.63) is 27.7 Å². The van der Waals surface area contributed by atoms with Gasteiger partial charge in [0.25, 0.3) is 0 Å². The molecule has 1 saturated heterocycles. The Labute approximate surface area is 136 Å². The van der Waals surface area contributed by atoms with Crippen molar-refractivity contribution in [2.75, 3.05) is 18.0 Å². The van der Waals surface area contributed by atoms with Crippen molar-refractivity contribution in [3.8, 4) is 0 Å². The first-order chi connectivity index (χ1) is 9.55. The standard InChI is InChI=1S/C16H24BrClN2/c1-4-13-10-19-16(5-2,6-3)11-20(13)15-9-12(18)7-8-14(15)17/h7-9,13,19H,4-6,10-11H2,1-3H3. The molecule has 0 aliphatic carbocycles. The SMILES string of the molecule is CCC1CNC(CC)(CC)CN1c1cc(Cl)ccc1Br. The van der Waals surface area contributed by atoms with Gasteiger partial charge in [-0.3, -0.25) is 0 Å². The molecule has 4 heteroatoms.